The van der Waals surface area contributed by atoms with Crippen molar-refractivity contribution in [3.8, 4) is 10.6 Å². The minimum atomic E-state index is -0.841. The first kappa shape index (κ1) is 23.1. The molecule has 176 valence electrons. The highest BCUT2D eigenvalue weighted by Gasteiger charge is 2.31. The molecule has 0 fully saturated rings. The zero-order valence-electron chi connectivity index (χ0n) is 20.7. The van der Waals surface area contributed by atoms with Crippen LogP contribution in [0.2, 0.25) is 0 Å². The van der Waals surface area contributed by atoms with Gasteiger partial charge in [0.15, 0.2) is 14.3 Å². The van der Waals surface area contributed by atoms with Gasteiger partial charge in [-0.15, -0.1) is 0 Å². The minimum Gasteiger partial charge on any atom is -0.496 e. The van der Waals surface area contributed by atoms with E-state index in [0.29, 0.717) is 11.3 Å². The molecule has 0 saturated heterocycles. The van der Waals surface area contributed by atoms with E-state index in [4.69, 9.17) is 9.47 Å². The predicted molar refractivity (Wildman–Crippen MR) is 146 cm³/mol. The molecule has 3 nitrogen and oxygen atoms in total. The zero-order valence-corrected chi connectivity index (χ0v) is 21.5. The topological polar surface area (TPSA) is 35.5 Å². The maximum atomic E-state index is 13.4. The molecule has 0 aliphatic heterocycles. The maximum Gasteiger partial charge on any atom is 0.339 e. The third-order valence-electron chi connectivity index (χ3n) is 6.55. The number of carbonyl (C=O) groups excluding carboxylic acids is 1. The molecule has 1 aromatic heterocycles. The van der Waals surface area contributed by atoms with Gasteiger partial charge >= 0.3 is 5.97 Å². The molecule has 0 atom stereocenters. The fraction of sp³-hybridized carbons (Fsp3) is 0.194. The van der Waals surface area contributed by atoms with Gasteiger partial charge in [-0.1, -0.05) is 42.5 Å². The second-order valence-electron chi connectivity index (χ2n) is 9.33. The lowest BCUT2D eigenvalue weighted by atomic mass is 9.96. The SMILES string of the molecule is COc1ccccc1C(C)(C)OC(=O)c1c(C)cc(-[s+]2c3ccccc3c3ccccc32)cc1C. The van der Waals surface area contributed by atoms with Gasteiger partial charge in [-0.05, 0) is 69.2 Å². The number of rotatable bonds is 5. The van der Waals surface area contributed by atoms with E-state index >= 15 is 0 Å². The van der Waals surface area contributed by atoms with Crippen molar-refractivity contribution in [2.75, 3.05) is 7.11 Å². The largest absolute Gasteiger partial charge is 0.496 e. The standard InChI is InChI=1S/C31H29O3S/c1-20-18-22(35-27-16-10-6-12-23(27)24-13-7-11-17-28(24)35)19-21(2)29(20)30(32)34-31(3,4)25-14-8-9-15-26(25)33-5/h6-19H,1-5H3/q+1. The predicted octanol–water partition coefficient (Wildman–Crippen LogP) is 8.45. The molecule has 0 radical (unpaired) electrons. The highest BCUT2D eigenvalue weighted by Crippen LogP contribution is 2.49. The number of para-hydroxylation sites is 1. The molecule has 0 unspecified atom stereocenters. The van der Waals surface area contributed by atoms with Crippen LogP contribution in [0.15, 0.2) is 84.9 Å². The Morgan fingerprint density at radius 1 is 0.771 bits per heavy atom. The summed E-state index contributed by atoms with van der Waals surface area (Å²) in [7, 11) is 1.42. The first-order valence-electron chi connectivity index (χ1n) is 11.7. The van der Waals surface area contributed by atoms with E-state index in [9.17, 15) is 4.79 Å². The van der Waals surface area contributed by atoms with Gasteiger partial charge in [0.25, 0.3) is 0 Å². The summed E-state index contributed by atoms with van der Waals surface area (Å²) >= 11 is 0. The molecular weight excluding hydrogens is 452 g/mol. The van der Waals surface area contributed by atoms with Crippen molar-refractivity contribution >= 4 is 36.6 Å². The van der Waals surface area contributed by atoms with E-state index in [1.807, 2.05) is 52.0 Å². The number of benzene rings is 4. The molecule has 5 aromatic rings. The Bertz CT molecular complexity index is 1500. The highest BCUT2D eigenvalue weighted by molar-refractivity contribution is 7.50. The molecule has 1 heterocycles. The molecule has 35 heavy (non-hydrogen) atoms. The fourth-order valence-electron chi connectivity index (χ4n) is 4.95. The normalized spacial score (nSPS) is 11.7. The van der Waals surface area contributed by atoms with Crippen LogP contribution in [-0.4, -0.2) is 13.1 Å². The second kappa shape index (κ2) is 8.86. The molecular formula is C31H29O3S+. The third-order valence-corrected chi connectivity index (χ3v) is 8.85. The summed E-state index contributed by atoms with van der Waals surface area (Å²) in [5, 5.41) is 2.59. The van der Waals surface area contributed by atoms with Gasteiger partial charge in [0, 0.05) is 38.9 Å². The molecule has 4 aromatic carbocycles. The summed E-state index contributed by atoms with van der Waals surface area (Å²) in [6, 6.07) is 29.2. The van der Waals surface area contributed by atoms with Gasteiger partial charge in [-0.25, -0.2) is 4.79 Å². The Morgan fingerprint density at radius 3 is 1.86 bits per heavy atom. The number of hydrogen-bond acceptors (Lipinski definition) is 3. The molecule has 0 amide bonds. The number of hydrogen-bond donors (Lipinski definition) is 0. The summed E-state index contributed by atoms with van der Waals surface area (Å²) in [6.07, 6.45) is 0. The summed E-state index contributed by atoms with van der Waals surface area (Å²) in [5.74, 6) is 0.381. The van der Waals surface area contributed by atoms with Gasteiger partial charge < -0.3 is 9.47 Å². The van der Waals surface area contributed by atoms with Crippen LogP contribution in [0.4, 0.5) is 0 Å². The van der Waals surface area contributed by atoms with Crippen molar-refractivity contribution in [1.82, 2.24) is 0 Å². The zero-order chi connectivity index (χ0) is 24.7. The third kappa shape index (κ3) is 3.98. The summed E-state index contributed by atoms with van der Waals surface area (Å²) in [5.41, 5.74) is 2.47. The van der Waals surface area contributed by atoms with Crippen molar-refractivity contribution in [3.63, 3.8) is 0 Å². The first-order valence-corrected chi connectivity index (χ1v) is 12.9. The van der Waals surface area contributed by atoms with Gasteiger partial charge in [-0.2, -0.15) is 0 Å². The molecule has 0 aliphatic carbocycles. The Kier molecular flexibility index (Phi) is 5.86. The van der Waals surface area contributed by atoms with E-state index in [0.717, 1.165) is 16.7 Å². The lowest BCUT2D eigenvalue weighted by Gasteiger charge is -2.28. The number of methoxy groups -OCH3 is 1. The maximum absolute atomic E-state index is 13.4. The van der Waals surface area contributed by atoms with Gasteiger partial charge in [0.05, 0.1) is 12.7 Å². The van der Waals surface area contributed by atoms with Gasteiger partial charge in [0.1, 0.15) is 11.4 Å². The monoisotopic (exact) mass is 481 g/mol. The molecule has 5 rings (SSSR count). The number of fused-ring (bicyclic) bond motifs is 3. The van der Waals surface area contributed by atoms with Crippen molar-refractivity contribution in [3.05, 3.63) is 107 Å². The Balaban J connectivity index is 1.57. The molecule has 0 saturated carbocycles. The summed E-state index contributed by atoms with van der Waals surface area (Å²) in [6.45, 7) is 7.80. The number of thiophene rings is 1. The highest BCUT2D eigenvalue weighted by atomic mass is 32.2. The van der Waals surface area contributed by atoms with Crippen molar-refractivity contribution < 1.29 is 14.3 Å². The summed E-state index contributed by atoms with van der Waals surface area (Å²) < 4.78 is 14.2. The lowest BCUT2D eigenvalue weighted by molar-refractivity contribution is -0.00412. The van der Waals surface area contributed by atoms with Crippen molar-refractivity contribution in [1.29, 1.82) is 0 Å². The minimum absolute atomic E-state index is 0.204. The van der Waals surface area contributed by atoms with E-state index in [1.165, 1.54) is 25.1 Å². The molecule has 0 spiro atoms. The van der Waals surface area contributed by atoms with Crippen LogP contribution < -0.4 is 4.74 Å². The summed E-state index contributed by atoms with van der Waals surface area (Å²) in [4.78, 5) is 14.7. The van der Waals surface area contributed by atoms with Crippen LogP contribution in [0.3, 0.4) is 0 Å². The van der Waals surface area contributed by atoms with Crippen LogP contribution >= 0.6 is 10.5 Å². The van der Waals surface area contributed by atoms with E-state index < -0.39 is 5.60 Å². The van der Waals surface area contributed by atoms with Crippen molar-refractivity contribution in [2.45, 2.75) is 33.3 Å². The van der Waals surface area contributed by atoms with E-state index in [2.05, 4.69) is 60.7 Å². The fourth-order valence-corrected chi connectivity index (χ4v) is 7.51. The first-order chi connectivity index (χ1) is 16.8. The Labute approximate surface area is 208 Å². The van der Waals surface area contributed by atoms with E-state index in [1.54, 1.807) is 7.11 Å². The Hall–Kier alpha value is -3.63. The van der Waals surface area contributed by atoms with Crippen molar-refractivity contribution in [2.24, 2.45) is 0 Å². The smallest absolute Gasteiger partial charge is 0.339 e. The number of aryl methyl sites for hydroxylation is 2. The quantitative estimate of drug-likeness (QED) is 0.187. The van der Waals surface area contributed by atoms with E-state index in [-0.39, 0.29) is 16.4 Å². The average Bonchev–Trinajstić information content (AvgIpc) is 3.17. The van der Waals surface area contributed by atoms with Gasteiger partial charge in [0.2, 0.25) is 0 Å². The van der Waals surface area contributed by atoms with Crippen LogP contribution in [0, 0.1) is 13.8 Å². The average molecular weight is 482 g/mol. The van der Waals surface area contributed by atoms with Crippen LogP contribution in [0.25, 0.3) is 25.1 Å². The lowest BCUT2D eigenvalue weighted by Crippen LogP contribution is -2.27. The van der Waals surface area contributed by atoms with Crippen LogP contribution in [-0.2, 0) is 10.3 Å². The van der Waals surface area contributed by atoms with Crippen LogP contribution in [0.1, 0.15) is 40.9 Å². The van der Waals surface area contributed by atoms with Crippen LogP contribution in [0.5, 0.6) is 5.75 Å². The Morgan fingerprint density at radius 2 is 1.29 bits per heavy atom. The molecule has 0 bridgehead atoms. The number of carbonyl (C=O) groups is 1. The molecule has 4 heteroatoms. The number of esters is 1. The molecule has 0 N–H and O–H groups in total. The van der Waals surface area contributed by atoms with Gasteiger partial charge in [-0.3, -0.25) is 0 Å². The second-order valence-corrected chi connectivity index (χ2v) is 11.3. The molecule has 0 aliphatic rings. The number of ether oxygens (including phenoxy) is 2.